The third kappa shape index (κ3) is 4.00. The monoisotopic (exact) mass is 306 g/mol. The van der Waals surface area contributed by atoms with Crippen LogP contribution in [0.2, 0.25) is 0 Å². The average Bonchev–Trinajstić information content (AvgIpc) is 3.03. The van der Waals surface area contributed by atoms with Gasteiger partial charge in [0.25, 0.3) is 0 Å². The molecule has 0 bridgehead atoms. The van der Waals surface area contributed by atoms with Crippen molar-refractivity contribution in [2.24, 2.45) is 5.92 Å². The van der Waals surface area contributed by atoms with Gasteiger partial charge in [0.2, 0.25) is 0 Å². The molecule has 0 aromatic carbocycles. The van der Waals surface area contributed by atoms with Crippen molar-refractivity contribution in [3.8, 4) is 0 Å². The zero-order valence-electron chi connectivity index (χ0n) is 13.3. The van der Waals surface area contributed by atoms with E-state index in [1.165, 1.54) is 25.7 Å². The molecule has 1 aliphatic carbocycles. The average molecular weight is 306 g/mol. The Kier molecular flexibility index (Phi) is 4.97. The second kappa shape index (κ2) is 7.13. The van der Waals surface area contributed by atoms with Gasteiger partial charge in [-0.3, -0.25) is 5.10 Å². The number of piperidine rings is 1. The predicted molar refractivity (Wildman–Crippen MR) is 84.7 cm³/mol. The van der Waals surface area contributed by atoms with Crippen LogP contribution >= 0.6 is 0 Å². The number of nitrogens with one attached hydrogen (secondary N) is 2. The van der Waals surface area contributed by atoms with Crippen LogP contribution in [0.15, 0.2) is 12.4 Å². The second-order valence-corrected chi connectivity index (χ2v) is 6.62. The van der Waals surface area contributed by atoms with Crippen molar-refractivity contribution in [3.63, 3.8) is 0 Å². The Bertz CT molecular complexity index is 461. The molecule has 1 saturated carbocycles. The summed E-state index contributed by atoms with van der Waals surface area (Å²) in [6, 6.07) is -0.0497. The summed E-state index contributed by atoms with van der Waals surface area (Å²) in [6.45, 7) is 3.85. The number of hydrogen-bond acceptors (Lipinski definition) is 3. The number of carbonyl (C=O) groups excluding carboxylic acids is 1. The third-order valence-electron chi connectivity index (χ3n) is 4.83. The Balaban J connectivity index is 1.39. The minimum atomic E-state index is -0.0497. The maximum atomic E-state index is 12.1. The first-order valence-corrected chi connectivity index (χ1v) is 8.41. The van der Waals surface area contributed by atoms with Gasteiger partial charge in [-0.25, -0.2) is 4.79 Å². The number of rotatable bonds is 3. The third-order valence-corrected chi connectivity index (χ3v) is 4.83. The van der Waals surface area contributed by atoms with Crippen LogP contribution in [-0.2, 0) is 4.74 Å². The summed E-state index contributed by atoms with van der Waals surface area (Å²) in [5.74, 6) is 0.855. The molecule has 2 fully saturated rings. The normalized spacial score (nSPS) is 26.9. The molecule has 1 aliphatic heterocycles. The van der Waals surface area contributed by atoms with E-state index in [4.69, 9.17) is 4.74 Å². The van der Waals surface area contributed by atoms with Crippen molar-refractivity contribution in [2.45, 2.75) is 57.7 Å². The minimum absolute atomic E-state index is 0.0497. The summed E-state index contributed by atoms with van der Waals surface area (Å²) in [6.07, 6.45) is 10.9. The highest BCUT2D eigenvalue weighted by atomic mass is 16.5. The molecule has 1 aromatic rings. The number of anilines is 1. The van der Waals surface area contributed by atoms with E-state index in [0.29, 0.717) is 17.9 Å². The topological polar surface area (TPSA) is 70.2 Å². The van der Waals surface area contributed by atoms with Crippen molar-refractivity contribution in [1.29, 1.82) is 0 Å². The Hall–Kier alpha value is -1.56. The molecule has 22 heavy (non-hydrogen) atoms. The van der Waals surface area contributed by atoms with E-state index in [9.17, 15) is 4.79 Å². The lowest BCUT2D eigenvalue weighted by molar-refractivity contribution is -0.0555. The summed E-state index contributed by atoms with van der Waals surface area (Å²) < 4.78 is 6.24. The number of likely N-dealkylation sites (tertiary alicyclic amines) is 1. The van der Waals surface area contributed by atoms with Gasteiger partial charge in [-0.1, -0.05) is 6.92 Å². The van der Waals surface area contributed by atoms with Crippen LogP contribution in [0.5, 0.6) is 0 Å². The van der Waals surface area contributed by atoms with Gasteiger partial charge in [-0.15, -0.1) is 0 Å². The highest BCUT2D eigenvalue weighted by Gasteiger charge is 2.27. The number of nitrogens with zero attached hydrogens (tertiary/aromatic N) is 2. The van der Waals surface area contributed by atoms with Crippen molar-refractivity contribution < 1.29 is 9.53 Å². The Morgan fingerprint density at radius 3 is 2.55 bits per heavy atom. The molecule has 0 atom stereocenters. The molecule has 1 aromatic heterocycles. The lowest BCUT2D eigenvalue weighted by atomic mass is 9.88. The molecule has 3 rings (SSSR count). The molecule has 2 N–H and O–H groups in total. The Morgan fingerprint density at radius 1 is 1.23 bits per heavy atom. The van der Waals surface area contributed by atoms with Crippen LogP contribution in [0.25, 0.3) is 0 Å². The summed E-state index contributed by atoms with van der Waals surface area (Å²) in [5, 5.41) is 9.36. The molecular formula is C16H26N4O2. The van der Waals surface area contributed by atoms with Gasteiger partial charge in [-0.2, -0.15) is 5.10 Å². The van der Waals surface area contributed by atoms with Gasteiger partial charge in [0, 0.05) is 19.3 Å². The Morgan fingerprint density at radius 2 is 1.91 bits per heavy atom. The van der Waals surface area contributed by atoms with Crippen LogP contribution in [0.3, 0.4) is 0 Å². The zero-order valence-corrected chi connectivity index (χ0v) is 13.3. The van der Waals surface area contributed by atoms with Crippen molar-refractivity contribution in [2.75, 3.05) is 18.4 Å². The van der Waals surface area contributed by atoms with Crippen LogP contribution in [-0.4, -0.2) is 46.4 Å². The fourth-order valence-corrected chi connectivity index (χ4v) is 3.35. The molecule has 6 heteroatoms. The van der Waals surface area contributed by atoms with Crippen molar-refractivity contribution >= 4 is 11.7 Å². The van der Waals surface area contributed by atoms with Crippen molar-refractivity contribution in [3.05, 3.63) is 12.4 Å². The predicted octanol–water partition coefficient (Wildman–Crippen LogP) is 3.00. The molecule has 0 radical (unpaired) electrons. The lowest BCUT2D eigenvalue weighted by Gasteiger charge is -2.35. The highest BCUT2D eigenvalue weighted by Crippen LogP contribution is 2.28. The number of aromatic nitrogens is 2. The van der Waals surface area contributed by atoms with E-state index in [1.54, 1.807) is 12.4 Å². The SMILES string of the molecule is CC1CCC(OC2CCN(C(=O)Nc3cn[nH]c3)CC2)CC1. The van der Waals surface area contributed by atoms with Crippen LogP contribution in [0, 0.1) is 5.92 Å². The minimum Gasteiger partial charge on any atom is -0.375 e. The van der Waals surface area contributed by atoms with Gasteiger partial charge in [0.15, 0.2) is 0 Å². The quantitative estimate of drug-likeness (QED) is 0.902. The first-order valence-electron chi connectivity index (χ1n) is 8.41. The number of H-pyrrole nitrogens is 1. The fraction of sp³-hybridized carbons (Fsp3) is 0.750. The van der Waals surface area contributed by atoms with Gasteiger partial charge in [-0.05, 0) is 44.4 Å². The molecular weight excluding hydrogens is 280 g/mol. The fourth-order valence-electron chi connectivity index (χ4n) is 3.35. The van der Waals surface area contributed by atoms with E-state index in [1.807, 2.05) is 4.90 Å². The van der Waals surface area contributed by atoms with E-state index in [0.717, 1.165) is 31.8 Å². The van der Waals surface area contributed by atoms with E-state index >= 15 is 0 Å². The van der Waals surface area contributed by atoms with Gasteiger partial charge in [0.05, 0.1) is 24.1 Å². The molecule has 2 amide bonds. The summed E-state index contributed by atoms with van der Waals surface area (Å²) in [5.41, 5.74) is 0.708. The number of urea groups is 1. The number of amides is 2. The molecule has 0 spiro atoms. The summed E-state index contributed by atoms with van der Waals surface area (Å²) in [4.78, 5) is 14.0. The molecule has 0 unspecified atom stereocenters. The lowest BCUT2D eigenvalue weighted by Crippen LogP contribution is -2.44. The number of aromatic amines is 1. The van der Waals surface area contributed by atoms with Gasteiger partial charge >= 0.3 is 6.03 Å². The van der Waals surface area contributed by atoms with E-state index < -0.39 is 0 Å². The highest BCUT2D eigenvalue weighted by molar-refractivity contribution is 5.89. The molecule has 122 valence electrons. The molecule has 6 nitrogen and oxygen atoms in total. The van der Waals surface area contributed by atoms with Crippen LogP contribution < -0.4 is 5.32 Å². The molecule has 2 aliphatic rings. The molecule has 1 saturated heterocycles. The van der Waals surface area contributed by atoms with Crippen LogP contribution in [0.1, 0.15) is 45.4 Å². The maximum Gasteiger partial charge on any atom is 0.321 e. The zero-order chi connectivity index (χ0) is 15.4. The largest absolute Gasteiger partial charge is 0.375 e. The first kappa shape index (κ1) is 15.3. The first-order chi connectivity index (χ1) is 10.7. The summed E-state index contributed by atoms with van der Waals surface area (Å²) >= 11 is 0. The maximum absolute atomic E-state index is 12.1. The van der Waals surface area contributed by atoms with Crippen molar-refractivity contribution in [1.82, 2.24) is 15.1 Å². The number of hydrogen-bond donors (Lipinski definition) is 2. The van der Waals surface area contributed by atoms with Crippen LogP contribution in [0.4, 0.5) is 10.5 Å². The smallest absolute Gasteiger partial charge is 0.321 e. The second-order valence-electron chi connectivity index (χ2n) is 6.62. The number of carbonyl (C=O) groups is 1. The number of ether oxygens (including phenoxy) is 1. The van der Waals surface area contributed by atoms with Gasteiger partial charge in [0.1, 0.15) is 0 Å². The Labute approximate surface area is 131 Å². The standard InChI is InChI=1S/C16H26N4O2/c1-12-2-4-14(5-3-12)22-15-6-8-20(9-7-15)16(21)19-13-10-17-18-11-13/h10-12,14-15H,2-9H2,1H3,(H,17,18)(H,19,21). The van der Waals surface area contributed by atoms with E-state index in [-0.39, 0.29) is 6.03 Å². The van der Waals surface area contributed by atoms with E-state index in [2.05, 4.69) is 22.4 Å². The summed E-state index contributed by atoms with van der Waals surface area (Å²) in [7, 11) is 0. The van der Waals surface area contributed by atoms with Gasteiger partial charge < -0.3 is 15.0 Å². The molecule has 2 heterocycles.